The minimum atomic E-state index is -3.45. The number of hydrogen-bond donors (Lipinski definition) is 1. The average Bonchev–Trinajstić information content (AvgIpc) is 2.34. The van der Waals surface area contributed by atoms with E-state index in [1.54, 1.807) is 10.9 Å². The highest BCUT2D eigenvalue weighted by Gasteiger charge is 2.08. The minimum Gasteiger partial charge on any atom is -0.334 e. The number of aryl methyl sites for hydroxylation is 1. The molecule has 5 nitrogen and oxygen atoms in total. The Balaban J connectivity index is 2.82. The molecule has 1 heterocycles. The van der Waals surface area contributed by atoms with Gasteiger partial charge < -0.3 is 4.57 Å². The summed E-state index contributed by atoms with van der Waals surface area (Å²) in [5.41, 5.74) is 0.643. The molecule has 0 amide bonds. The van der Waals surface area contributed by atoms with Crippen molar-refractivity contribution >= 4 is 10.0 Å². The minimum absolute atomic E-state index is 0.146. The van der Waals surface area contributed by atoms with Crippen molar-refractivity contribution in [2.45, 2.75) is 25.6 Å². The van der Waals surface area contributed by atoms with Gasteiger partial charge >= 0.3 is 0 Å². The largest absolute Gasteiger partial charge is 0.334 e. The Morgan fingerprint density at radius 3 is 2.85 bits per heavy atom. The maximum atomic E-state index is 10.8. The van der Waals surface area contributed by atoms with Crippen LogP contribution in [0.3, 0.4) is 0 Å². The monoisotopic (exact) mass is 203 g/mol. The van der Waals surface area contributed by atoms with Crippen LogP contribution in [-0.2, 0) is 22.3 Å². The molecule has 0 aliphatic carbocycles. The van der Waals surface area contributed by atoms with E-state index in [-0.39, 0.29) is 5.75 Å². The Morgan fingerprint density at radius 2 is 2.31 bits per heavy atom. The third-order valence-electron chi connectivity index (χ3n) is 1.61. The van der Waals surface area contributed by atoms with Crippen LogP contribution in [0.15, 0.2) is 12.5 Å². The zero-order valence-corrected chi connectivity index (χ0v) is 8.29. The number of nitrogens with zero attached hydrogens (tertiary/aromatic N) is 2. The van der Waals surface area contributed by atoms with Crippen LogP contribution >= 0.6 is 0 Å². The highest BCUT2D eigenvalue weighted by molar-refractivity contribution is 7.88. The molecule has 0 atom stereocenters. The molecule has 1 aromatic rings. The van der Waals surface area contributed by atoms with Crippen LogP contribution in [0, 0.1) is 0 Å². The van der Waals surface area contributed by atoms with E-state index in [0.717, 1.165) is 13.0 Å². The van der Waals surface area contributed by atoms with Crippen molar-refractivity contribution in [1.29, 1.82) is 0 Å². The number of nitrogens with two attached hydrogens (primary N) is 1. The third-order valence-corrected chi connectivity index (χ3v) is 2.31. The van der Waals surface area contributed by atoms with Crippen molar-refractivity contribution in [3.63, 3.8) is 0 Å². The first-order valence-electron chi connectivity index (χ1n) is 4.02. The molecule has 13 heavy (non-hydrogen) atoms. The highest BCUT2D eigenvalue weighted by Crippen LogP contribution is 2.03. The topological polar surface area (TPSA) is 78.0 Å². The first-order valence-corrected chi connectivity index (χ1v) is 5.74. The molecular weight excluding hydrogens is 190 g/mol. The lowest BCUT2D eigenvalue weighted by atomic mass is 10.4. The quantitative estimate of drug-likeness (QED) is 0.752. The van der Waals surface area contributed by atoms with Gasteiger partial charge in [-0.3, -0.25) is 0 Å². The van der Waals surface area contributed by atoms with Crippen molar-refractivity contribution < 1.29 is 8.42 Å². The van der Waals surface area contributed by atoms with Crippen LogP contribution < -0.4 is 5.14 Å². The Hall–Kier alpha value is -0.880. The molecule has 0 aliphatic rings. The summed E-state index contributed by atoms with van der Waals surface area (Å²) in [6.45, 7) is 2.78. The van der Waals surface area contributed by atoms with Gasteiger partial charge in [-0.25, -0.2) is 18.5 Å². The van der Waals surface area contributed by atoms with E-state index in [1.165, 1.54) is 6.20 Å². The maximum Gasteiger partial charge on any atom is 0.214 e. The molecule has 0 unspecified atom stereocenters. The van der Waals surface area contributed by atoms with Crippen molar-refractivity contribution in [2.75, 3.05) is 0 Å². The normalized spacial score (nSPS) is 11.8. The van der Waals surface area contributed by atoms with E-state index >= 15 is 0 Å². The maximum absolute atomic E-state index is 10.8. The SMILES string of the molecule is CCCn1cncc1CS(N)(=O)=O. The van der Waals surface area contributed by atoms with Crippen molar-refractivity contribution in [1.82, 2.24) is 9.55 Å². The third kappa shape index (κ3) is 3.16. The van der Waals surface area contributed by atoms with Crippen LogP contribution in [-0.4, -0.2) is 18.0 Å². The van der Waals surface area contributed by atoms with Gasteiger partial charge in [0.25, 0.3) is 0 Å². The van der Waals surface area contributed by atoms with Gasteiger partial charge in [0.15, 0.2) is 0 Å². The van der Waals surface area contributed by atoms with Gasteiger partial charge in [0.2, 0.25) is 10.0 Å². The fourth-order valence-corrected chi connectivity index (χ4v) is 1.77. The molecule has 0 spiro atoms. The lowest BCUT2D eigenvalue weighted by Crippen LogP contribution is -2.16. The summed E-state index contributed by atoms with van der Waals surface area (Å²) in [6.07, 6.45) is 4.08. The second-order valence-corrected chi connectivity index (χ2v) is 4.50. The molecule has 0 aromatic carbocycles. The zero-order valence-electron chi connectivity index (χ0n) is 7.47. The summed E-state index contributed by atoms with van der Waals surface area (Å²) in [5, 5.41) is 4.92. The molecular formula is C7H13N3O2S. The fourth-order valence-electron chi connectivity index (χ4n) is 1.12. The van der Waals surface area contributed by atoms with Gasteiger partial charge in [-0.1, -0.05) is 6.92 Å². The molecule has 0 fully saturated rings. The summed E-state index contributed by atoms with van der Waals surface area (Å²) in [4.78, 5) is 3.87. The first-order chi connectivity index (χ1) is 6.03. The summed E-state index contributed by atoms with van der Waals surface area (Å²) < 4.78 is 23.4. The van der Waals surface area contributed by atoms with E-state index in [9.17, 15) is 8.42 Å². The van der Waals surface area contributed by atoms with Crippen LogP contribution in [0.1, 0.15) is 19.0 Å². The summed E-state index contributed by atoms with van der Waals surface area (Å²) >= 11 is 0. The van der Waals surface area contributed by atoms with Gasteiger partial charge in [-0.2, -0.15) is 0 Å². The molecule has 6 heteroatoms. The Bertz CT molecular complexity index is 369. The summed E-state index contributed by atoms with van der Waals surface area (Å²) in [5.74, 6) is -0.146. The second kappa shape index (κ2) is 3.89. The van der Waals surface area contributed by atoms with Gasteiger partial charge in [-0.05, 0) is 6.42 Å². The Morgan fingerprint density at radius 1 is 1.62 bits per heavy atom. The number of aromatic nitrogens is 2. The number of primary sulfonamides is 1. The van der Waals surface area contributed by atoms with Crippen molar-refractivity contribution in [3.8, 4) is 0 Å². The van der Waals surface area contributed by atoms with Gasteiger partial charge in [0, 0.05) is 12.7 Å². The molecule has 1 aromatic heterocycles. The number of hydrogen-bond acceptors (Lipinski definition) is 3. The first kappa shape index (κ1) is 10.2. The molecule has 0 bridgehead atoms. The van der Waals surface area contributed by atoms with Gasteiger partial charge in [-0.15, -0.1) is 0 Å². The van der Waals surface area contributed by atoms with E-state index in [2.05, 4.69) is 4.98 Å². The number of rotatable bonds is 4. The molecule has 74 valence electrons. The van der Waals surface area contributed by atoms with Crippen LogP contribution in [0.25, 0.3) is 0 Å². The molecule has 0 saturated heterocycles. The number of imidazole rings is 1. The van der Waals surface area contributed by atoms with Crippen LogP contribution in [0.4, 0.5) is 0 Å². The smallest absolute Gasteiger partial charge is 0.214 e. The Kier molecular flexibility index (Phi) is 3.05. The molecule has 0 saturated carbocycles. The van der Waals surface area contributed by atoms with E-state index in [4.69, 9.17) is 5.14 Å². The van der Waals surface area contributed by atoms with E-state index < -0.39 is 10.0 Å². The number of sulfonamides is 1. The standard InChI is InChI=1S/C7H13N3O2S/c1-2-3-10-6-9-4-7(10)5-13(8,11)12/h4,6H,2-3,5H2,1H3,(H2,8,11,12). The lowest BCUT2D eigenvalue weighted by molar-refractivity contribution is 0.591. The van der Waals surface area contributed by atoms with Crippen molar-refractivity contribution in [3.05, 3.63) is 18.2 Å². The molecule has 0 aliphatic heterocycles. The highest BCUT2D eigenvalue weighted by atomic mass is 32.2. The van der Waals surface area contributed by atoms with Crippen molar-refractivity contribution in [2.24, 2.45) is 5.14 Å². The molecule has 0 radical (unpaired) electrons. The van der Waals surface area contributed by atoms with Crippen LogP contribution in [0.5, 0.6) is 0 Å². The van der Waals surface area contributed by atoms with E-state index in [0.29, 0.717) is 5.69 Å². The van der Waals surface area contributed by atoms with Gasteiger partial charge in [0.1, 0.15) is 5.75 Å². The van der Waals surface area contributed by atoms with Gasteiger partial charge in [0.05, 0.1) is 12.0 Å². The lowest BCUT2D eigenvalue weighted by Gasteiger charge is -2.04. The average molecular weight is 203 g/mol. The predicted octanol–water partition coefficient (Wildman–Crippen LogP) is 0.0816. The summed E-state index contributed by atoms with van der Waals surface area (Å²) in [6, 6.07) is 0. The van der Waals surface area contributed by atoms with Crippen LogP contribution in [0.2, 0.25) is 0 Å². The molecule has 1 rings (SSSR count). The second-order valence-electron chi connectivity index (χ2n) is 2.89. The fraction of sp³-hybridized carbons (Fsp3) is 0.571. The molecule has 2 N–H and O–H groups in total. The Labute approximate surface area is 77.6 Å². The predicted molar refractivity (Wildman–Crippen MR) is 49.3 cm³/mol. The van der Waals surface area contributed by atoms with E-state index in [1.807, 2.05) is 6.92 Å². The zero-order chi connectivity index (χ0) is 9.90. The summed E-state index contributed by atoms with van der Waals surface area (Å²) in [7, 11) is -3.45.